The van der Waals surface area contributed by atoms with Crippen molar-refractivity contribution in [3.63, 3.8) is 0 Å². The van der Waals surface area contributed by atoms with Crippen LogP contribution in [-0.4, -0.2) is 20.1 Å². The Morgan fingerprint density at radius 1 is 1.29 bits per heavy atom. The van der Waals surface area contributed by atoms with E-state index in [1.807, 2.05) is 24.3 Å². The molecule has 0 bridgehead atoms. The fourth-order valence-electron chi connectivity index (χ4n) is 1.73. The van der Waals surface area contributed by atoms with Gasteiger partial charge in [-0.15, -0.1) is 5.10 Å². The van der Waals surface area contributed by atoms with Crippen molar-refractivity contribution in [2.24, 2.45) is 0 Å². The van der Waals surface area contributed by atoms with E-state index >= 15 is 0 Å². The molecule has 1 N–H and O–H groups in total. The molecule has 5 heteroatoms. The Morgan fingerprint density at radius 2 is 2.00 bits per heavy atom. The molecule has 0 saturated carbocycles. The topological polar surface area (TPSA) is 50.9 Å². The normalized spacial score (nSPS) is 10.8. The lowest BCUT2D eigenvalue weighted by molar-refractivity contribution is 0.275. The highest BCUT2D eigenvalue weighted by Gasteiger charge is 2.12. The summed E-state index contributed by atoms with van der Waals surface area (Å²) in [5.74, 6) is 0. The summed E-state index contributed by atoms with van der Waals surface area (Å²) in [7, 11) is 0. The van der Waals surface area contributed by atoms with Crippen molar-refractivity contribution in [2.45, 2.75) is 26.4 Å². The maximum absolute atomic E-state index is 9.21. The number of nitrogens with zero attached hydrogens (tertiary/aromatic N) is 3. The summed E-state index contributed by atoms with van der Waals surface area (Å²) in [6.07, 6.45) is 1.82. The molecule has 0 aliphatic carbocycles. The summed E-state index contributed by atoms with van der Waals surface area (Å²) in [5.41, 5.74) is 2.50. The van der Waals surface area contributed by atoms with Gasteiger partial charge in [-0.05, 0) is 30.7 Å². The zero-order valence-electron chi connectivity index (χ0n) is 9.60. The molecule has 0 fully saturated rings. The third kappa shape index (κ3) is 2.48. The molecular formula is C12H14ClN3O. The summed E-state index contributed by atoms with van der Waals surface area (Å²) < 4.78 is 1.76. The summed E-state index contributed by atoms with van der Waals surface area (Å²) in [5, 5.41) is 18.0. The maximum Gasteiger partial charge on any atom is 0.112 e. The van der Waals surface area contributed by atoms with E-state index in [0.29, 0.717) is 10.7 Å². The van der Waals surface area contributed by atoms with E-state index in [1.165, 1.54) is 0 Å². The number of rotatable bonds is 4. The van der Waals surface area contributed by atoms with Crippen LogP contribution in [0.4, 0.5) is 0 Å². The van der Waals surface area contributed by atoms with E-state index in [1.54, 1.807) is 4.68 Å². The van der Waals surface area contributed by atoms with Crippen molar-refractivity contribution < 1.29 is 5.11 Å². The largest absolute Gasteiger partial charge is 0.390 e. The second kappa shape index (κ2) is 5.29. The molecule has 90 valence electrons. The van der Waals surface area contributed by atoms with Crippen LogP contribution in [0, 0.1) is 0 Å². The van der Waals surface area contributed by atoms with Gasteiger partial charge < -0.3 is 5.11 Å². The van der Waals surface area contributed by atoms with Crippen molar-refractivity contribution in [1.82, 2.24) is 15.0 Å². The van der Waals surface area contributed by atoms with Gasteiger partial charge in [-0.2, -0.15) is 0 Å². The molecule has 1 aromatic heterocycles. The first kappa shape index (κ1) is 12.1. The van der Waals surface area contributed by atoms with Gasteiger partial charge in [-0.3, -0.25) is 0 Å². The summed E-state index contributed by atoms with van der Waals surface area (Å²) in [6, 6.07) is 7.40. The van der Waals surface area contributed by atoms with Gasteiger partial charge in [-0.1, -0.05) is 30.2 Å². The van der Waals surface area contributed by atoms with E-state index in [9.17, 15) is 5.11 Å². The lowest BCUT2D eigenvalue weighted by Crippen LogP contribution is -2.03. The SMILES string of the molecule is CCCc1c(CO)nnn1-c1ccc(Cl)cc1. The van der Waals surface area contributed by atoms with E-state index in [2.05, 4.69) is 17.2 Å². The van der Waals surface area contributed by atoms with Crippen LogP contribution in [0.5, 0.6) is 0 Å². The molecule has 17 heavy (non-hydrogen) atoms. The lowest BCUT2D eigenvalue weighted by atomic mass is 10.2. The van der Waals surface area contributed by atoms with Crippen molar-refractivity contribution in [2.75, 3.05) is 0 Å². The molecule has 2 rings (SSSR count). The average Bonchev–Trinajstić information content (AvgIpc) is 2.74. The predicted octanol–water partition coefficient (Wildman–Crippen LogP) is 2.37. The van der Waals surface area contributed by atoms with E-state index in [0.717, 1.165) is 24.2 Å². The molecule has 0 saturated heterocycles. The van der Waals surface area contributed by atoms with E-state index in [4.69, 9.17) is 11.6 Å². The first-order valence-corrected chi connectivity index (χ1v) is 5.94. The lowest BCUT2D eigenvalue weighted by Gasteiger charge is -2.06. The van der Waals surface area contributed by atoms with E-state index < -0.39 is 0 Å². The van der Waals surface area contributed by atoms with Gasteiger partial charge in [0.2, 0.25) is 0 Å². The molecule has 0 radical (unpaired) electrons. The number of aliphatic hydroxyl groups excluding tert-OH is 1. The average molecular weight is 252 g/mol. The number of aliphatic hydroxyl groups is 1. The maximum atomic E-state index is 9.21. The first-order chi connectivity index (χ1) is 8.26. The minimum absolute atomic E-state index is 0.0804. The van der Waals surface area contributed by atoms with Crippen LogP contribution in [0.3, 0.4) is 0 Å². The zero-order chi connectivity index (χ0) is 12.3. The molecule has 1 aromatic carbocycles. The van der Waals surface area contributed by atoms with Crippen molar-refractivity contribution >= 4 is 11.6 Å². The Bertz CT molecular complexity index is 493. The standard InChI is InChI=1S/C12H14ClN3O/c1-2-3-12-11(8-17)14-15-16(12)10-6-4-9(13)5-7-10/h4-7,17H,2-3,8H2,1H3. The third-order valence-corrected chi connectivity index (χ3v) is 2.80. The van der Waals surface area contributed by atoms with Gasteiger partial charge in [0, 0.05) is 5.02 Å². The van der Waals surface area contributed by atoms with Crippen molar-refractivity contribution in [3.8, 4) is 5.69 Å². The molecule has 4 nitrogen and oxygen atoms in total. The third-order valence-electron chi connectivity index (χ3n) is 2.55. The number of halogens is 1. The van der Waals surface area contributed by atoms with Gasteiger partial charge >= 0.3 is 0 Å². The van der Waals surface area contributed by atoms with Gasteiger partial charge in [0.25, 0.3) is 0 Å². The summed E-state index contributed by atoms with van der Waals surface area (Å²) in [6.45, 7) is 2.00. The van der Waals surface area contributed by atoms with Crippen LogP contribution in [0.2, 0.25) is 5.02 Å². The van der Waals surface area contributed by atoms with Crippen LogP contribution in [0.25, 0.3) is 5.69 Å². The van der Waals surface area contributed by atoms with Crippen molar-refractivity contribution in [3.05, 3.63) is 40.7 Å². The minimum atomic E-state index is -0.0804. The van der Waals surface area contributed by atoms with Crippen LogP contribution >= 0.6 is 11.6 Å². The second-order valence-corrected chi connectivity index (χ2v) is 4.22. The Labute approximate surface area is 105 Å². The highest BCUT2D eigenvalue weighted by molar-refractivity contribution is 6.30. The quantitative estimate of drug-likeness (QED) is 0.908. The monoisotopic (exact) mass is 251 g/mol. The molecule has 2 aromatic rings. The Kier molecular flexibility index (Phi) is 3.76. The van der Waals surface area contributed by atoms with Crippen LogP contribution in [0.15, 0.2) is 24.3 Å². The number of aromatic nitrogens is 3. The van der Waals surface area contributed by atoms with Gasteiger partial charge in [0.1, 0.15) is 5.69 Å². The molecule has 0 aliphatic rings. The predicted molar refractivity (Wildman–Crippen MR) is 66.3 cm³/mol. The highest BCUT2D eigenvalue weighted by atomic mass is 35.5. The number of hydrogen-bond donors (Lipinski definition) is 1. The minimum Gasteiger partial charge on any atom is -0.390 e. The first-order valence-electron chi connectivity index (χ1n) is 5.56. The number of benzene rings is 1. The Balaban J connectivity index is 2.43. The molecule has 0 spiro atoms. The molecule has 1 heterocycles. The van der Waals surface area contributed by atoms with Crippen molar-refractivity contribution in [1.29, 1.82) is 0 Å². The zero-order valence-corrected chi connectivity index (χ0v) is 10.4. The van der Waals surface area contributed by atoms with Gasteiger partial charge in [0.15, 0.2) is 0 Å². The Hall–Kier alpha value is -1.39. The second-order valence-electron chi connectivity index (χ2n) is 3.78. The van der Waals surface area contributed by atoms with Gasteiger partial charge in [0.05, 0.1) is 18.0 Å². The molecular weight excluding hydrogens is 238 g/mol. The van der Waals surface area contributed by atoms with E-state index in [-0.39, 0.29) is 6.61 Å². The highest BCUT2D eigenvalue weighted by Crippen LogP contribution is 2.17. The fraction of sp³-hybridized carbons (Fsp3) is 0.333. The van der Waals surface area contributed by atoms with Crippen LogP contribution in [-0.2, 0) is 13.0 Å². The molecule has 0 atom stereocenters. The van der Waals surface area contributed by atoms with Crippen LogP contribution in [0.1, 0.15) is 24.7 Å². The Morgan fingerprint density at radius 3 is 2.59 bits per heavy atom. The summed E-state index contributed by atoms with van der Waals surface area (Å²) in [4.78, 5) is 0. The smallest absolute Gasteiger partial charge is 0.112 e. The van der Waals surface area contributed by atoms with Gasteiger partial charge in [-0.25, -0.2) is 4.68 Å². The molecule has 0 aliphatic heterocycles. The van der Waals surface area contributed by atoms with Crippen LogP contribution < -0.4 is 0 Å². The molecule has 0 amide bonds. The molecule has 0 unspecified atom stereocenters. The number of hydrogen-bond acceptors (Lipinski definition) is 3. The fourth-order valence-corrected chi connectivity index (χ4v) is 1.86. The summed E-state index contributed by atoms with van der Waals surface area (Å²) >= 11 is 5.85.